The first kappa shape index (κ1) is 18.2. The van der Waals surface area contributed by atoms with Gasteiger partial charge in [0.2, 0.25) is 5.91 Å². The van der Waals surface area contributed by atoms with Gasteiger partial charge in [0.15, 0.2) is 11.6 Å². The topological polar surface area (TPSA) is 29.5 Å². The van der Waals surface area contributed by atoms with E-state index in [1.807, 2.05) is 0 Å². The molecule has 1 heterocycles. The molecule has 1 aliphatic heterocycles. The van der Waals surface area contributed by atoms with Gasteiger partial charge < -0.3 is 9.64 Å². The van der Waals surface area contributed by atoms with Crippen LogP contribution in [0.2, 0.25) is 0 Å². The van der Waals surface area contributed by atoms with Gasteiger partial charge in [-0.15, -0.1) is 0 Å². The van der Waals surface area contributed by atoms with Gasteiger partial charge in [0.1, 0.15) is 0 Å². The zero-order valence-corrected chi connectivity index (χ0v) is 14.1. The largest absolute Gasteiger partial charge is 0.494 e. The summed E-state index contributed by atoms with van der Waals surface area (Å²) < 4.78 is 57.2. The molecule has 0 saturated carbocycles. The maximum atomic E-state index is 13.8. The Kier molecular flexibility index (Phi) is 4.89. The second-order valence-corrected chi connectivity index (χ2v) is 6.14. The molecule has 2 aromatic rings. The lowest BCUT2D eigenvalue weighted by Gasteiger charge is -2.30. The van der Waals surface area contributed by atoms with Crippen molar-refractivity contribution in [3.8, 4) is 5.75 Å². The maximum Gasteiger partial charge on any atom is 0.416 e. The molecule has 0 saturated heterocycles. The normalized spacial score (nSPS) is 14.1. The van der Waals surface area contributed by atoms with E-state index in [9.17, 15) is 22.4 Å². The Hall–Kier alpha value is -2.57. The van der Waals surface area contributed by atoms with Crippen LogP contribution in [0.1, 0.15) is 23.1 Å². The number of carbonyl (C=O) groups excluding carboxylic acids is 1. The predicted molar refractivity (Wildman–Crippen MR) is 88.8 cm³/mol. The Morgan fingerprint density at radius 3 is 2.62 bits per heavy atom. The number of carbonyl (C=O) groups is 1. The van der Waals surface area contributed by atoms with Gasteiger partial charge in [-0.05, 0) is 54.3 Å². The Morgan fingerprint density at radius 1 is 1.19 bits per heavy atom. The summed E-state index contributed by atoms with van der Waals surface area (Å²) in [4.78, 5) is 14.1. The maximum absolute atomic E-state index is 13.8. The van der Waals surface area contributed by atoms with Gasteiger partial charge in [-0.2, -0.15) is 13.2 Å². The molecular weight excluding hydrogens is 350 g/mol. The summed E-state index contributed by atoms with van der Waals surface area (Å²) in [6, 6.07) is 7.69. The minimum atomic E-state index is -4.41. The number of aryl methyl sites for hydroxylation is 1. The highest BCUT2D eigenvalue weighted by molar-refractivity contribution is 5.96. The molecule has 3 rings (SSSR count). The van der Waals surface area contributed by atoms with Crippen molar-refractivity contribution in [1.29, 1.82) is 0 Å². The summed E-state index contributed by atoms with van der Waals surface area (Å²) in [5.41, 5.74) is 0.749. The van der Waals surface area contributed by atoms with Gasteiger partial charge in [-0.3, -0.25) is 4.79 Å². The standard InChI is InChI=1S/C19H17F4NO2/c1-26-17-7-4-12(9-15(17)20)10-18(25)24-8-2-3-13-11-14(19(21,22)23)5-6-16(13)24/h4-7,9,11H,2-3,8,10H2,1H3. The minimum absolute atomic E-state index is 0.0403. The highest BCUT2D eigenvalue weighted by Gasteiger charge is 2.32. The van der Waals surface area contributed by atoms with Gasteiger partial charge in [0.05, 0.1) is 19.1 Å². The van der Waals surface area contributed by atoms with Crippen LogP contribution in [-0.4, -0.2) is 19.6 Å². The monoisotopic (exact) mass is 367 g/mol. The molecule has 0 N–H and O–H groups in total. The van der Waals surface area contributed by atoms with Crippen LogP contribution in [0.25, 0.3) is 0 Å². The first-order valence-corrected chi connectivity index (χ1v) is 8.12. The summed E-state index contributed by atoms with van der Waals surface area (Å²) >= 11 is 0. The third-order valence-electron chi connectivity index (χ3n) is 4.40. The zero-order chi connectivity index (χ0) is 18.9. The number of alkyl halides is 3. The molecule has 0 unspecified atom stereocenters. The predicted octanol–water partition coefficient (Wildman–Crippen LogP) is 4.38. The van der Waals surface area contributed by atoms with E-state index in [1.54, 1.807) is 6.07 Å². The minimum Gasteiger partial charge on any atom is -0.494 e. The number of amides is 1. The van der Waals surface area contributed by atoms with Crippen molar-refractivity contribution in [2.45, 2.75) is 25.4 Å². The van der Waals surface area contributed by atoms with Crippen LogP contribution >= 0.6 is 0 Å². The lowest BCUT2D eigenvalue weighted by atomic mass is 9.98. The van der Waals surface area contributed by atoms with Crippen molar-refractivity contribution in [2.24, 2.45) is 0 Å². The number of fused-ring (bicyclic) bond motifs is 1. The van der Waals surface area contributed by atoms with Crippen molar-refractivity contribution in [2.75, 3.05) is 18.6 Å². The lowest BCUT2D eigenvalue weighted by molar-refractivity contribution is -0.137. The molecule has 0 spiro atoms. The number of hydrogen-bond acceptors (Lipinski definition) is 2. The van der Waals surface area contributed by atoms with Crippen LogP contribution in [0.4, 0.5) is 23.2 Å². The number of ether oxygens (including phenoxy) is 1. The van der Waals surface area contributed by atoms with Gasteiger partial charge in [0, 0.05) is 12.2 Å². The first-order valence-electron chi connectivity index (χ1n) is 8.12. The number of rotatable bonds is 3. The number of nitrogens with zero attached hydrogens (tertiary/aromatic N) is 1. The van der Waals surface area contributed by atoms with Crippen molar-refractivity contribution in [1.82, 2.24) is 0 Å². The molecule has 0 aliphatic carbocycles. The van der Waals surface area contributed by atoms with Crippen LogP contribution in [0, 0.1) is 5.82 Å². The van der Waals surface area contributed by atoms with Crippen LogP contribution in [0.5, 0.6) is 5.75 Å². The van der Waals surface area contributed by atoms with E-state index in [0.717, 1.165) is 12.1 Å². The van der Waals surface area contributed by atoms with E-state index in [-0.39, 0.29) is 18.1 Å². The van der Waals surface area contributed by atoms with E-state index in [0.29, 0.717) is 36.2 Å². The highest BCUT2D eigenvalue weighted by atomic mass is 19.4. The quantitative estimate of drug-likeness (QED) is 0.754. The summed E-state index contributed by atoms with van der Waals surface area (Å²) in [6.45, 7) is 0.426. The second-order valence-electron chi connectivity index (χ2n) is 6.14. The number of methoxy groups -OCH3 is 1. The second kappa shape index (κ2) is 6.97. The molecule has 1 amide bonds. The van der Waals surface area contributed by atoms with Crippen molar-refractivity contribution in [3.05, 3.63) is 58.9 Å². The number of halogens is 4. The first-order chi connectivity index (χ1) is 12.3. The Bertz CT molecular complexity index is 833. The molecule has 26 heavy (non-hydrogen) atoms. The molecule has 2 aromatic carbocycles. The fraction of sp³-hybridized carbons (Fsp3) is 0.316. The zero-order valence-electron chi connectivity index (χ0n) is 14.1. The SMILES string of the molecule is COc1ccc(CC(=O)N2CCCc3cc(C(F)(F)F)ccc32)cc1F. The van der Waals surface area contributed by atoms with Crippen LogP contribution in [0.15, 0.2) is 36.4 Å². The summed E-state index contributed by atoms with van der Waals surface area (Å²) in [6.07, 6.45) is -3.39. The van der Waals surface area contributed by atoms with E-state index in [2.05, 4.69) is 0 Å². The fourth-order valence-corrected chi connectivity index (χ4v) is 3.12. The van der Waals surface area contributed by atoms with Gasteiger partial charge in [-0.25, -0.2) is 4.39 Å². The molecule has 0 bridgehead atoms. The van der Waals surface area contributed by atoms with Crippen molar-refractivity contribution >= 4 is 11.6 Å². The van der Waals surface area contributed by atoms with Crippen LogP contribution < -0.4 is 9.64 Å². The summed E-state index contributed by atoms with van der Waals surface area (Å²) in [5, 5.41) is 0. The Balaban J connectivity index is 1.82. The van der Waals surface area contributed by atoms with Crippen LogP contribution in [0.3, 0.4) is 0 Å². The van der Waals surface area contributed by atoms with E-state index < -0.39 is 17.6 Å². The van der Waals surface area contributed by atoms with E-state index >= 15 is 0 Å². The molecule has 1 aliphatic rings. The molecule has 3 nitrogen and oxygen atoms in total. The van der Waals surface area contributed by atoms with Gasteiger partial charge in [0.25, 0.3) is 0 Å². The van der Waals surface area contributed by atoms with Gasteiger partial charge in [-0.1, -0.05) is 6.07 Å². The number of benzene rings is 2. The Morgan fingerprint density at radius 2 is 1.96 bits per heavy atom. The smallest absolute Gasteiger partial charge is 0.416 e. The highest BCUT2D eigenvalue weighted by Crippen LogP contribution is 2.35. The van der Waals surface area contributed by atoms with Crippen molar-refractivity contribution < 1.29 is 27.1 Å². The van der Waals surface area contributed by atoms with E-state index in [1.165, 1.54) is 30.2 Å². The molecule has 138 valence electrons. The van der Waals surface area contributed by atoms with Crippen molar-refractivity contribution in [3.63, 3.8) is 0 Å². The summed E-state index contributed by atoms with van der Waals surface area (Å²) in [5.74, 6) is -0.758. The molecule has 0 radical (unpaired) electrons. The molecule has 0 fully saturated rings. The van der Waals surface area contributed by atoms with Crippen LogP contribution in [-0.2, 0) is 23.8 Å². The molecule has 0 atom stereocenters. The van der Waals surface area contributed by atoms with Gasteiger partial charge >= 0.3 is 6.18 Å². The van der Waals surface area contributed by atoms with E-state index in [4.69, 9.17) is 4.74 Å². The fourth-order valence-electron chi connectivity index (χ4n) is 3.12. The number of anilines is 1. The molecule has 7 heteroatoms. The Labute approximate surface area is 148 Å². The average Bonchev–Trinajstić information content (AvgIpc) is 2.60. The molecule has 0 aromatic heterocycles. The molecular formula is C19H17F4NO2. The third kappa shape index (κ3) is 3.66. The average molecular weight is 367 g/mol. The third-order valence-corrected chi connectivity index (χ3v) is 4.40. The number of hydrogen-bond donors (Lipinski definition) is 0. The summed E-state index contributed by atoms with van der Waals surface area (Å²) in [7, 11) is 1.35. The lowest BCUT2D eigenvalue weighted by Crippen LogP contribution is -2.36.